The van der Waals surface area contributed by atoms with E-state index in [4.69, 9.17) is 9.15 Å². The molecule has 0 unspecified atom stereocenters. The van der Waals surface area contributed by atoms with Crippen molar-refractivity contribution in [1.82, 2.24) is 15.5 Å². The second-order valence-electron chi connectivity index (χ2n) is 5.09. The van der Waals surface area contributed by atoms with Gasteiger partial charge in [-0.25, -0.2) is 0 Å². The van der Waals surface area contributed by atoms with E-state index < -0.39 is 0 Å². The van der Waals surface area contributed by atoms with E-state index in [2.05, 4.69) is 34.7 Å². The largest absolute Gasteiger partial charge is 0.407 e. The highest BCUT2D eigenvalue weighted by Gasteiger charge is 2.05. The number of ether oxygens (including phenoxy) is 1. The van der Waals surface area contributed by atoms with Crippen molar-refractivity contribution in [2.45, 2.75) is 59.2 Å². The molecule has 0 saturated heterocycles. The number of hydrogen-bond donors (Lipinski definition) is 2. The van der Waals surface area contributed by atoms with Crippen molar-refractivity contribution in [3.05, 3.63) is 5.89 Å². The minimum absolute atomic E-state index is 0.305. The summed E-state index contributed by atoms with van der Waals surface area (Å²) in [6.07, 6.45) is 2.36. The smallest absolute Gasteiger partial charge is 0.315 e. The number of hydrogen-bond acceptors (Lipinski definition) is 6. The van der Waals surface area contributed by atoms with E-state index in [1.54, 1.807) is 0 Å². The third kappa shape index (κ3) is 7.79. The van der Waals surface area contributed by atoms with Gasteiger partial charge in [-0.15, -0.1) is 5.10 Å². The quantitative estimate of drug-likeness (QED) is 0.635. The summed E-state index contributed by atoms with van der Waals surface area (Å²) in [6, 6.07) is 0.898. The molecule has 0 saturated carbocycles. The molecule has 1 rings (SSSR count). The molecule has 0 aliphatic rings. The molecule has 0 aliphatic carbocycles. The maximum absolute atomic E-state index is 5.47. The Morgan fingerprint density at radius 2 is 1.95 bits per heavy atom. The van der Waals surface area contributed by atoms with E-state index in [1.165, 1.54) is 0 Å². The molecule has 0 fully saturated rings. The van der Waals surface area contributed by atoms with Crippen LogP contribution in [0, 0.1) is 0 Å². The van der Waals surface area contributed by atoms with Gasteiger partial charge in [0.05, 0.1) is 12.6 Å². The highest BCUT2D eigenvalue weighted by atomic mass is 16.5. The average Bonchev–Trinajstić information content (AvgIpc) is 2.78. The van der Waals surface area contributed by atoms with E-state index in [1.807, 2.05) is 13.8 Å². The number of anilines is 1. The van der Waals surface area contributed by atoms with E-state index in [0.29, 0.717) is 30.6 Å². The first kappa shape index (κ1) is 15.9. The van der Waals surface area contributed by atoms with Crippen molar-refractivity contribution < 1.29 is 9.15 Å². The van der Waals surface area contributed by atoms with Crippen LogP contribution in [0.2, 0.25) is 0 Å². The lowest BCUT2D eigenvalue weighted by Gasteiger charge is -2.06. The van der Waals surface area contributed by atoms with Crippen LogP contribution < -0.4 is 10.6 Å². The first-order valence-corrected chi connectivity index (χ1v) is 6.99. The monoisotopic (exact) mass is 270 g/mol. The summed E-state index contributed by atoms with van der Waals surface area (Å²) >= 11 is 0. The van der Waals surface area contributed by atoms with Gasteiger partial charge in [0.15, 0.2) is 0 Å². The van der Waals surface area contributed by atoms with E-state index >= 15 is 0 Å². The minimum Gasteiger partial charge on any atom is -0.407 e. The van der Waals surface area contributed by atoms with Gasteiger partial charge < -0.3 is 19.8 Å². The molecule has 6 heteroatoms. The van der Waals surface area contributed by atoms with E-state index in [9.17, 15) is 0 Å². The Hall–Kier alpha value is -1.14. The number of unbranched alkanes of at least 4 members (excludes halogenated alkanes) is 1. The third-order valence-corrected chi connectivity index (χ3v) is 2.43. The highest BCUT2D eigenvalue weighted by molar-refractivity contribution is 5.16. The van der Waals surface area contributed by atoms with Crippen molar-refractivity contribution in [3.8, 4) is 0 Å². The predicted octanol–water partition coefficient (Wildman–Crippen LogP) is 2.18. The van der Waals surface area contributed by atoms with Gasteiger partial charge in [0.2, 0.25) is 5.89 Å². The van der Waals surface area contributed by atoms with Crippen LogP contribution in [0.3, 0.4) is 0 Å². The molecule has 0 bridgehead atoms. The number of rotatable bonds is 10. The zero-order valence-corrected chi connectivity index (χ0v) is 12.4. The van der Waals surface area contributed by atoms with Gasteiger partial charge in [0.1, 0.15) is 0 Å². The summed E-state index contributed by atoms with van der Waals surface area (Å²) in [5.74, 6) is 0.611. The van der Waals surface area contributed by atoms with E-state index in [0.717, 1.165) is 26.0 Å². The Morgan fingerprint density at radius 1 is 1.16 bits per heavy atom. The van der Waals surface area contributed by atoms with Gasteiger partial charge in [0, 0.05) is 19.2 Å². The maximum atomic E-state index is 5.47. The fraction of sp³-hybridized carbons (Fsp3) is 0.846. The molecule has 0 amide bonds. The first-order chi connectivity index (χ1) is 9.08. The van der Waals surface area contributed by atoms with Gasteiger partial charge in [0.25, 0.3) is 0 Å². The molecule has 0 aliphatic heterocycles. The first-order valence-electron chi connectivity index (χ1n) is 6.99. The van der Waals surface area contributed by atoms with Crippen LogP contribution in [0.15, 0.2) is 4.42 Å². The molecule has 1 aromatic heterocycles. The molecule has 0 radical (unpaired) electrons. The van der Waals surface area contributed by atoms with Gasteiger partial charge in [-0.1, -0.05) is 18.9 Å². The second-order valence-corrected chi connectivity index (χ2v) is 5.09. The molecular weight excluding hydrogens is 244 g/mol. The van der Waals surface area contributed by atoms with Crippen molar-refractivity contribution in [3.63, 3.8) is 0 Å². The van der Waals surface area contributed by atoms with Crippen LogP contribution >= 0.6 is 0 Å². The molecule has 1 aromatic rings. The molecule has 110 valence electrons. The lowest BCUT2D eigenvalue weighted by molar-refractivity contribution is 0.0765. The fourth-order valence-electron chi connectivity index (χ4n) is 1.43. The van der Waals surface area contributed by atoms with Gasteiger partial charge in [-0.05, 0) is 26.7 Å². The van der Waals surface area contributed by atoms with E-state index in [-0.39, 0.29) is 0 Å². The molecule has 0 spiro atoms. The molecule has 1 heterocycles. The summed E-state index contributed by atoms with van der Waals surface area (Å²) in [5.41, 5.74) is 0. The Bertz CT molecular complexity index is 339. The summed E-state index contributed by atoms with van der Waals surface area (Å²) in [5, 5.41) is 14.2. The summed E-state index contributed by atoms with van der Waals surface area (Å²) in [6.45, 7) is 10.5. The standard InChI is InChI=1S/C13H26N4O2/c1-10(2)15-9-12-16-17-13(19-12)14-7-5-6-8-18-11(3)4/h10-11,15H,5-9H2,1-4H3,(H,14,17). The normalized spacial score (nSPS) is 11.5. The van der Waals surface area contributed by atoms with Crippen LogP contribution in [0.25, 0.3) is 0 Å². The Morgan fingerprint density at radius 3 is 2.63 bits per heavy atom. The zero-order chi connectivity index (χ0) is 14.1. The Kier molecular flexibility index (Phi) is 7.43. The van der Waals surface area contributed by atoms with Gasteiger partial charge in [-0.2, -0.15) is 0 Å². The number of nitrogens with one attached hydrogen (secondary N) is 2. The molecule has 19 heavy (non-hydrogen) atoms. The molecular formula is C13H26N4O2. The molecule has 0 aromatic carbocycles. The molecule has 0 atom stereocenters. The number of aromatic nitrogens is 2. The molecule has 6 nitrogen and oxygen atoms in total. The average molecular weight is 270 g/mol. The second kappa shape index (κ2) is 8.87. The maximum Gasteiger partial charge on any atom is 0.315 e. The lowest BCUT2D eigenvalue weighted by atomic mass is 10.3. The minimum atomic E-state index is 0.305. The van der Waals surface area contributed by atoms with Gasteiger partial charge >= 0.3 is 6.01 Å². The topological polar surface area (TPSA) is 72.2 Å². The zero-order valence-electron chi connectivity index (χ0n) is 12.4. The van der Waals surface area contributed by atoms with Crippen LogP contribution in [0.4, 0.5) is 6.01 Å². The van der Waals surface area contributed by atoms with Crippen LogP contribution in [-0.4, -0.2) is 35.5 Å². The lowest BCUT2D eigenvalue weighted by Crippen LogP contribution is -2.21. The van der Waals surface area contributed by atoms with Crippen molar-refractivity contribution in [1.29, 1.82) is 0 Å². The van der Waals surface area contributed by atoms with Gasteiger partial charge in [-0.3, -0.25) is 0 Å². The van der Waals surface area contributed by atoms with Crippen LogP contribution in [-0.2, 0) is 11.3 Å². The predicted molar refractivity (Wildman–Crippen MR) is 75.1 cm³/mol. The molecule has 2 N–H and O–H groups in total. The third-order valence-electron chi connectivity index (χ3n) is 2.43. The van der Waals surface area contributed by atoms with Crippen LogP contribution in [0.1, 0.15) is 46.4 Å². The van der Waals surface area contributed by atoms with Crippen molar-refractivity contribution in [2.24, 2.45) is 0 Å². The van der Waals surface area contributed by atoms with Crippen LogP contribution in [0.5, 0.6) is 0 Å². The fourth-order valence-corrected chi connectivity index (χ4v) is 1.43. The Labute approximate surface area is 115 Å². The van der Waals surface area contributed by atoms with Crippen molar-refractivity contribution >= 4 is 6.01 Å². The SMILES string of the molecule is CC(C)NCc1nnc(NCCCCOC(C)C)o1. The van der Waals surface area contributed by atoms with Crippen molar-refractivity contribution in [2.75, 3.05) is 18.5 Å². The summed E-state index contributed by atoms with van der Waals surface area (Å²) < 4.78 is 10.9. The summed E-state index contributed by atoms with van der Waals surface area (Å²) in [4.78, 5) is 0. The Balaban J connectivity index is 2.09. The highest BCUT2D eigenvalue weighted by Crippen LogP contribution is 2.05. The number of nitrogens with zero attached hydrogens (tertiary/aromatic N) is 2. The summed E-state index contributed by atoms with van der Waals surface area (Å²) in [7, 11) is 0.